The zero-order chi connectivity index (χ0) is 29.0. The molecule has 0 heterocycles. The number of halogens is 2. The van der Waals surface area contributed by atoms with Gasteiger partial charge in [-0.3, -0.25) is 0 Å². The Morgan fingerprint density at radius 3 is 1.68 bits per heavy atom. The summed E-state index contributed by atoms with van der Waals surface area (Å²) in [5, 5.41) is 10.7. The van der Waals surface area contributed by atoms with Crippen LogP contribution in [-0.4, -0.2) is 37.2 Å². The van der Waals surface area contributed by atoms with Crippen LogP contribution in [0.5, 0.6) is 0 Å². The first-order chi connectivity index (χ1) is 19.7. The van der Waals surface area contributed by atoms with Crippen molar-refractivity contribution in [1.82, 2.24) is 0 Å². The molecule has 218 valence electrons. The number of hydrogen-bond donors (Lipinski definition) is 1. The lowest BCUT2D eigenvalue weighted by molar-refractivity contribution is -0.191. The van der Waals surface area contributed by atoms with Crippen LogP contribution in [0.1, 0.15) is 32.1 Å². The van der Waals surface area contributed by atoms with Gasteiger partial charge in [0.1, 0.15) is 0 Å². The molecule has 4 fully saturated rings. The van der Waals surface area contributed by atoms with Crippen molar-refractivity contribution in [3.05, 3.63) is 91.0 Å². The number of carbonyl (C=O) groups is 1. The van der Waals surface area contributed by atoms with Gasteiger partial charge in [-0.2, -0.15) is 8.42 Å². The Morgan fingerprint density at radius 1 is 0.854 bits per heavy atom. The second kappa shape index (κ2) is 12.6. The highest BCUT2D eigenvalue weighted by molar-refractivity contribution is 7.97. The predicted molar refractivity (Wildman–Crippen MR) is 150 cm³/mol. The van der Waals surface area contributed by atoms with Gasteiger partial charge in [0.2, 0.25) is 0 Å². The molecular weight excluding hydrogens is 570 g/mol. The van der Waals surface area contributed by atoms with Crippen LogP contribution in [0.3, 0.4) is 0 Å². The average Bonchev–Trinajstić information content (AvgIpc) is 2.98. The van der Waals surface area contributed by atoms with Gasteiger partial charge in [-0.15, -0.1) is 0 Å². The third-order valence-electron chi connectivity index (χ3n) is 8.35. The predicted octanol–water partition coefficient (Wildman–Crippen LogP) is 6.03. The number of ether oxygens (including phenoxy) is 1. The summed E-state index contributed by atoms with van der Waals surface area (Å²) in [4.78, 5) is 15.5. The van der Waals surface area contributed by atoms with Crippen molar-refractivity contribution in [1.29, 1.82) is 0 Å². The molecule has 4 atom stereocenters. The quantitative estimate of drug-likeness (QED) is 0.250. The summed E-state index contributed by atoms with van der Waals surface area (Å²) >= 11 is 0. The highest BCUT2D eigenvalue weighted by Gasteiger charge is 2.56. The smallest absolute Gasteiger partial charge is 0.359 e. The summed E-state index contributed by atoms with van der Waals surface area (Å²) in [7, 11) is -5.27. The summed E-state index contributed by atoms with van der Waals surface area (Å²) in [6, 6.07) is 32.2. The van der Waals surface area contributed by atoms with Crippen molar-refractivity contribution >= 4 is 27.0 Å². The molecule has 0 radical (unpaired) electrons. The van der Waals surface area contributed by atoms with E-state index in [1.165, 1.54) is 14.7 Å². The van der Waals surface area contributed by atoms with E-state index in [1.807, 2.05) is 0 Å². The highest BCUT2D eigenvalue weighted by atomic mass is 32.2. The summed E-state index contributed by atoms with van der Waals surface area (Å²) in [5.74, 6) is -0.899. The van der Waals surface area contributed by atoms with Crippen LogP contribution in [0.15, 0.2) is 106 Å². The molecule has 10 heteroatoms. The molecule has 0 saturated heterocycles. The first-order valence-corrected chi connectivity index (χ1v) is 16.4. The zero-order valence-electron chi connectivity index (χ0n) is 22.4. The van der Waals surface area contributed by atoms with Crippen LogP contribution in [0.4, 0.5) is 8.92 Å². The third kappa shape index (κ3) is 6.66. The monoisotopic (exact) mass is 603 g/mol. The van der Waals surface area contributed by atoms with Crippen molar-refractivity contribution in [3.63, 3.8) is 0 Å². The average molecular weight is 604 g/mol. The molecule has 0 spiro atoms. The minimum Gasteiger partial charge on any atom is -0.462 e. The van der Waals surface area contributed by atoms with Gasteiger partial charge in [0.05, 0.1) is 23.1 Å². The van der Waals surface area contributed by atoms with Crippen LogP contribution in [0.25, 0.3) is 0 Å². The Morgan fingerprint density at radius 2 is 1.29 bits per heavy atom. The molecular formula is C31H33F2O6S2+. The number of esters is 1. The molecule has 4 saturated carbocycles. The molecule has 41 heavy (non-hydrogen) atoms. The van der Waals surface area contributed by atoms with Gasteiger partial charge in [0.25, 0.3) is 0 Å². The Labute approximate surface area is 242 Å². The fourth-order valence-corrected chi connectivity index (χ4v) is 9.33. The molecule has 0 amide bonds. The van der Waals surface area contributed by atoms with Gasteiger partial charge in [0, 0.05) is 5.92 Å². The second-order valence-corrected chi connectivity index (χ2v) is 14.6. The number of rotatable bonds is 8. The van der Waals surface area contributed by atoms with Crippen molar-refractivity contribution in [2.75, 3.05) is 6.61 Å². The number of benzene rings is 3. The van der Waals surface area contributed by atoms with Crippen LogP contribution >= 0.6 is 0 Å². The molecule has 7 rings (SSSR count). The maximum Gasteiger partial charge on any atom is 0.359 e. The molecule has 0 aliphatic heterocycles. The molecule has 3 aromatic carbocycles. The molecule has 1 N–H and O–H groups in total. The summed E-state index contributed by atoms with van der Waals surface area (Å²) in [6.07, 6.45) is 4.25. The lowest BCUT2D eigenvalue weighted by Crippen LogP contribution is -2.58. The van der Waals surface area contributed by atoms with Crippen molar-refractivity contribution < 1.29 is 36.4 Å². The van der Waals surface area contributed by atoms with Gasteiger partial charge in [0.15, 0.2) is 14.7 Å². The summed E-state index contributed by atoms with van der Waals surface area (Å²) in [6.45, 7) is -0.262. The maximum absolute atomic E-state index is 13.3. The van der Waals surface area contributed by atoms with E-state index in [0.717, 1.165) is 19.3 Å². The van der Waals surface area contributed by atoms with E-state index in [4.69, 9.17) is 0 Å². The standard InChI is InChI=1S/C18H15S.C13H18F2O6S/c1-4-10-16(11-5-1)19(17-12-6-2-7-13-17)18-14-8-3-9-15-18;14-11(22(18,19)21-15)12(16)20-6-10-9-2-7-1-8(3-9)5-13(10,17)4-7/h1-15H;7-11,17H,1-6H2/q+1;. The van der Waals surface area contributed by atoms with E-state index in [0.29, 0.717) is 24.7 Å². The molecule has 4 unspecified atom stereocenters. The number of aliphatic hydroxyl groups is 1. The highest BCUT2D eigenvalue weighted by Crippen LogP contribution is 2.58. The normalized spacial score (nSPS) is 27.1. The Hall–Kier alpha value is -2.79. The Kier molecular flexibility index (Phi) is 9.13. The third-order valence-corrected chi connectivity index (χ3v) is 11.5. The van der Waals surface area contributed by atoms with Crippen molar-refractivity contribution in [3.8, 4) is 0 Å². The molecule has 4 bridgehead atoms. The van der Waals surface area contributed by atoms with E-state index in [9.17, 15) is 27.2 Å². The largest absolute Gasteiger partial charge is 0.462 e. The fraction of sp³-hybridized carbons (Fsp3) is 0.387. The van der Waals surface area contributed by atoms with Gasteiger partial charge in [-0.25, -0.2) is 9.18 Å². The van der Waals surface area contributed by atoms with Crippen LogP contribution in [0, 0.1) is 23.7 Å². The summed E-state index contributed by atoms with van der Waals surface area (Å²) < 4.78 is 53.7. The fourth-order valence-electron chi connectivity index (χ4n) is 6.86. The summed E-state index contributed by atoms with van der Waals surface area (Å²) in [5.41, 5.74) is -4.15. The molecule has 6 nitrogen and oxygen atoms in total. The van der Waals surface area contributed by atoms with E-state index in [1.54, 1.807) is 0 Å². The topological polar surface area (TPSA) is 89.9 Å². The van der Waals surface area contributed by atoms with Crippen LogP contribution in [0.2, 0.25) is 0 Å². The number of alkyl halides is 1. The van der Waals surface area contributed by atoms with E-state index >= 15 is 0 Å². The minimum atomic E-state index is -5.26. The maximum atomic E-state index is 13.3. The molecule has 4 aliphatic rings. The lowest BCUT2D eigenvalue weighted by atomic mass is 9.50. The van der Waals surface area contributed by atoms with E-state index in [2.05, 4.69) is 100 Å². The van der Waals surface area contributed by atoms with Gasteiger partial charge in [-0.1, -0.05) is 59.0 Å². The minimum absolute atomic E-state index is 0.0146. The van der Waals surface area contributed by atoms with Crippen LogP contribution < -0.4 is 0 Å². The van der Waals surface area contributed by atoms with Crippen LogP contribution in [-0.2, 0) is 34.9 Å². The zero-order valence-corrected chi connectivity index (χ0v) is 24.0. The Bertz CT molecular complexity index is 1300. The molecule has 3 aromatic rings. The van der Waals surface area contributed by atoms with Gasteiger partial charge in [-0.05, 0) is 90.8 Å². The lowest BCUT2D eigenvalue weighted by Gasteiger charge is -2.58. The second-order valence-electron chi connectivity index (χ2n) is 11.1. The van der Waals surface area contributed by atoms with Gasteiger partial charge >= 0.3 is 21.6 Å². The number of carbonyl (C=O) groups excluding carboxylic acids is 1. The van der Waals surface area contributed by atoms with Gasteiger partial charge < -0.3 is 9.84 Å². The van der Waals surface area contributed by atoms with Crippen molar-refractivity contribution in [2.24, 2.45) is 23.7 Å². The Balaban J connectivity index is 0.000000166. The SMILES string of the molecule is O=C(OCC1C2CC3CC(C2)CC1(O)C3)C(F)S(=O)(=O)OF.c1ccc([S+](c2ccccc2)c2ccccc2)cc1. The van der Waals surface area contributed by atoms with Crippen molar-refractivity contribution in [2.45, 2.75) is 57.9 Å². The molecule has 4 aliphatic carbocycles. The molecule has 0 aromatic heterocycles. The van der Waals surface area contributed by atoms with E-state index in [-0.39, 0.29) is 29.3 Å². The first-order valence-electron chi connectivity index (χ1n) is 13.7. The van der Waals surface area contributed by atoms with E-state index < -0.39 is 27.2 Å². The number of hydrogen-bond acceptors (Lipinski definition) is 6. The first kappa shape index (κ1) is 29.7.